The number of fused-ring (bicyclic) bond motifs is 1. The second kappa shape index (κ2) is 9.22. The number of carbonyl (C=O) groups excluding carboxylic acids is 2. The average Bonchev–Trinajstić information content (AvgIpc) is 3.16. The van der Waals surface area contributed by atoms with Crippen LogP contribution in [0.3, 0.4) is 0 Å². The van der Waals surface area contributed by atoms with Crippen molar-refractivity contribution in [1.29, 1.82) is 0 Å². The number of rotatable bonds is 8. The van der Waals surface area contributed by atoms with Gasteiger partial charge in [0, 0.05) is 24.4 Å². The Balaban J connectivity index is 1.42. The summed E-state index contributed by atoms with van der Waals surface area (Å²) in [6, 6.07) is 6.39. The predicted molar refractivity (Wildman–Crippen MR) is 103 cm³/mol. The van der Waals surface area contributed by atoms with Gasteiger partial charge in [-0.1, -0.05) is 18.2 Å². The molecule has 29 heavy (non-hydrogen) atoms. The number of ether oxygens (including phenoxy) is 1. The minimum atomic E-state index is -0.480. The van der Waals surface area contributed by atoms with Crippen molar-refractivity contribution in [3.8, 4) is 0 Å². The topological polar surface area (TPSA) is 98.5 Å². The molecule has 0 aliphatic carbocycles. The van der Waals surface area contributed by atoms with Crippen molar-refractivity contribution in [2.24, 2.45) is 0 Å². The molecule has 0 unspecified atom stereocenters. The highest BCUT2D eigenvalue weighted by Crippen LogP contribution is 2.15. The number of nitrogens with zero attached hydrogens (tertiary/aromatic N) is 4. The molecule has 0 fully saturated rings. The van der Waals surface area contributed by atoms with E-state index < -0.39 is 11.9 Å². The molecule has 0 radical (unpaired) electrons. The zero-order valence-corrected chi connectivity index (χ0v) is 16.3. The number of aryl methyl sites for hydroxylation is 2. The lowest BCUT2D eigenvalue weighted by molar-refractivity contribution is -0.148. The Bertz CT molecular complexity index is 1030. The Labute approximate surface area is 167 Å². The van der Waals surface area contributed by atoms with E-state index in [2.05, 4.69) is 20.4 Å². The van der Waals surface area contributed by atoms with E-state index in [-0.39, 0.29) is 25.4 Å². The van der Waals surface area contributed by atoms with E-state index in [0.717, 1.165) is 17.0 Å². The molecular formula is C20H22FN5O3. The van der Waals surface area contributed by atoms with Crippen LogP contribution in [-0.2, 0) is 27.2 Å². The Morgan fingerprint density at radius 2 is 2.00 bits per heavy atom. The van der Waals surface area contributed by atoms with Gasteiger partial charge in [-0.3, -0.25) is 9.59 Å². The fourth-order valence-electron chi connectivity index (χ4n) is 3.05. The molecule has 0 aliphatic heterocycles. The first-order chi connectivity index (χ1) is 14.0. The zero-order valence-electron chi connectivity index (χ0n) is 16.3. The Hall–Kier alpha value is -3.36. The van der Waals surface area contributed by atoms with E-state index in [1.807, 2.05) is 13.8 Å². The number of aromatic nitrogens is 4. The van der Waals surface area contributed by atoms with Crippen LogP contribution in [0.5, 0.6) is 0 Å². The highest BCUT2D eigenvalue weighted by molar-refractivity contribution is 5.80. The third kappa shape index (κ3) is 5.13. The number of halogens is 1. The van der Waals surface area contributed by atoms with Crippen LogP contribution < -0.4 is 5.32 Å². The fraction of sp³-hybridized carbons (Fsp3) is 0.350. The summed E-state index contributed by atoms with van der Waals surface area (Å²) in [5.74, 6) is -0.699. The van der Waals surface area contributed by atoms with Crippen LogP contribution in [0, 0.1) is 19.7 Å². The number of benzene rings is 1. The number of hydrogen-bond acceptors (Lipinski definition) is 6. The highest BCUT2D eigenvalue weighted by Gasteiger charge is 2.14. The fourth-order valence-corrected chi connectivity index (χ4v) is 3.05. The molecule has 0 saturated carbocycles. The first-order valence-electron chi connectivity index (χ1n) is 9.27. The molecule has 3 rings (SSSR count). The molecular weight excluding hydrogens is 377 g/mol. The summed E-state index contributed by atoms with van der Waals surface area (Å²) in [6.45, 7) is 3.64. The van der Waals surface area contributed by atoms with E-state index in [4.69, 9.17) is 4.74 Å². The number of carbonyl (C=O) groups is 2. The maximum Gasteiger partial charge on any atom is 0.306 e. The second-order valence-corrected chi connectivity index (χ2v) is 6.59. The van der Waals surface area contributed by atoms with Crippen LogP contribution in [0.25, 0.3) is 5.78 Å². The predicted octanol–water partition coefficient (Wildman–Crippen LogP) is 1.71. The molecule has 0 aliphatic rings. The Kier molecular flexibility index (Phi) is 6.48. The van der Waals surface area contributed by atoms with Gasteiger partial charge in [0.2, 0.25) is 0 Å². The van der Waals surface area contributed by atoms with Crippen LogP contribution in [0.1, 0.15) is 28.9 Å². The number of nitrogens with one attached hydrogen (secondary N) is 1. The molecule has 0 atom stereocenters. The van der Waals surface area contributed by atoms with Crippen molar-refractivity contribution in [3.63, 3.8) is 0 Å². The third-order valence-electron chi connectivity index (χ3n) is 4.61. The zero-order chi connectivity index (χ0) is 20.8. The molecule has 2 aromatic heterocycles. The number of amides is 1. The van der Waals surface area contributed by atoms with Crippen LogP contribution in [0.4, 0.5) is 4.39 Å². The standard InChI is InChI=1S/C20H22FN5O3/c1-13-16(14(2)26-20(25-13)23-12-24-26)7-8-19(28)29-11-18(27)22-10-9-15-5-3-4-6-17(15)21/h3-6,12H,7-11H2,1-2H3,(H,22,27). The largest absolute Gasteiger partial charge is 0.456 e. The van der Waals surface area contributed by atoms with Crippen LogP contribution in [0.2, 0.25) is 0 Å². The normalized spacial score (nSPS) is 10.9. The van der Waals surface area contributed by atoms with Gasteiger partial charge in [0.15, 0.2) is 6.61 Å². The minimum absolute atomic E-state index is 0.117. The Morgan fingerprint density at radius 1 is 1.21 bits per heavy atom. The molecule has 9 heteroatoms. The smallest absolute Gasteiger partial charge is 0.306 e. The molecule has 1 amide bonds. The Morgan fingerprint density at radius 3 is 2.79 bits per heavy atom. The summed E-state index contributed by atoms with van der Waals surface area (Å²) in [5.41, 5.74) is 3.06. The van der Waals surface area contributed by atoms with Crippen molar-refractivity contribution in [1.82, 2.24) is 24.9 Å². The molecule has 2 heterocycles. The van der Waals surface area contributed by atoms with Crippen LogP contribution >= 0.6 is 0 Å². The number of esters is 1. The molecule has 0 saturated heterocycles. The lowest BCUT2D eigenvalue weighted by atomic mass is 10.1. The summed E-state index contributed by atoms with van der Waals surface area (Å²) in [6.07, 6.45) is 2.33. The number of hydrogen-bond donors (Lipinski definition) is 1. The molecule has 3 aromatic rings. The summed E-state index contributed by atoms with van der Waals surface area (Å²) >= 11 is 0. The van der Waals surface area contributed by atoms with E-state index in [0.29, 0.717) is 24.2 Å². The molecule has 0 spiro atoms. The van der Waals surface area contributed by atoms with Gasteiger partial charge in [0.25, 0.3) is 11.7 Å². The maximum atomic E-state index is 13.5. The average molecular weight is 399 g/mol. The first-order valence-corrected chi connectivity index (χ1v) is 9.27. The van der Waals surface area contributed by atoms with E-state index >= 15 is 0 Å². The van der Waals surface area contributed by atoms with Crippen molar-refractivity contribution >= 4 is 17.7 Å². The SMILES string of the molecule is Cc1nc2ncnn2c(C)c1CCC(=O)OCC(=O)NCCc1ccccc1F. The maximum absolute atomic E-state index is 13.5. The van der Waals surface area contributed by atoms with Crippen molar-refractivity contribution in [3.05, 3.63) is 58.9 Å². The van der Waals surface area contributed by atoms with Crippen LogP contribution in [-0.4, -0.2) is 44.6 Å². The second-order valence-electron chi connectivity index (χ2n) is 6.59. The van der Waals surface area contributed by atoms with Gasteiger partial charge in [-0.25, -0.2) is 13.9 Å². The van der Waals surface area contributed by atoms with Crippen LogP contribution in [0.15, 0.2) is 30.6 Å². The van der Waals surface area contributed by atoms with Gasteiger partial charge in [0.1, 0.15) is 12.1 Å². The van der Waals surface area contributed by atoms with Gasteiger partial charge in [0.05, 0.1) is 0 Å². The lowest BCUT2D eigenvalue weighted by Crippen LogP contribution is -2.30. The molecule has 8 nitrogen and oxygen atoms in total. The van der Waals surface area contributed by atoms with Gasteiger partial charge >= 0.3 is 5.97 Å². The van der Waals surface area contributed by atoms with Gasteiger partial charge in [-0.15, -0.1) is 0 Å². The summed E-state index contributed by atoms with van der Waals surface area (Å²) in [7, 11) is 0. The van der Waals surface area contributed by atoms with Gasteiger partial charge in [-0.05, 0) is 43.9 Å². The monoisotopic (exact) mass is 399 g/mol. The summed E-state index contributed by atoms with van der Waals surface area (Å²) in [4.78, 5) is 32.2. The third-order valence-corrected chi connectivity index (χ3v) is 4.61. The van der Waals surface area contributed by atoms with Gasteiger partial charge in [-0.2, -0.15) is 10.1 Å². The summed E-state index contributed by atoms with van der Waals surface area (Å²) in [5, 5.41) is 6.72. The molecule has 0 bridgehead atoms. The quantitative estimate of drug-likeness (QED) is 0.579. The van der Waals surface area contributed by atoms with Crippen molar-refractivity contribution in [2.45, 2.75) is 33.1 Å². The van der Waals surface area contributed by atoms with Crippen molar-refractivity contribution < 1.29 is 18.7 Å². The van der Waals surface area contributed by atoms with Crippen molar-refractivity contribution in [2.75, 3.05) is 13.2 Å². The van der Waals surface area contributed by atoms with E-state index in [1.165, 1.54) is 12.4 Å². The van der Waals surface area contributed by atoms with E-state index in [1.54, 1.807) is 22.7 Å². The van der Waals surface area contributed by atoms with Gasteiger partial charge < -0.3 is 10.1 Å². The minimum Gasteiger partial charge on any atom is -0.456 e. The van der Waals surface area contributed by atoms with E-state index in [9.17, 15) is 14.0 Å². The lowest BCUT2D eigenvalue weighted by Gasteiger charge is -2.10. The molecule has 152 valence electrons. The first kappa shape index (κ1) is 20.4. The summed E-state index contributed by atoms with van der Waals surface area (Å²) < 4.78 is 20.2. The molecule has 1 N–H and O–H groups in total. The highest BCUT2D eigenvalue weighted by atomic mass is 19.1. The molecule has 1 aromatic carbocycles.